The number of carbonyl (C=O) groups excluding carboxylic acids is 1. The smallest absolute Gasteiger partial charge is 0.238 e. The first-order valence-electron chi connectivity index (χ1n) is 6.62. The highest BCUT2D eigenvalue weighted by molar-refractivity contribution is 5.92. The highest BCUT2D eigenvalue weighted by atomic mass is 19.1. The van der Waals surface area contributed by atoms with Crippen molar-refractivity contribution in [2.45, 2.75) is 6.54 Å². The maximum absolute atomic E-state index is 13.4. The second-order valence-corrected chi connectivity index (χ2v) is 4.97. The van der Waals surface area contributed by atoms with E-state index in [1.54, 1.807) is 24.1 Å². The molecule has 6 heteroatoms. The molecule has 22 heavy (non-hydrogen) atoms. The molecule has 0 aliphatic rings. The lowest BCUT2D eigenvalue weighted by Gasteiger charge is -2.16. The third-order valence-corrected chi connectivity index (χ3v) is 2.96. The molecule has 0 fully saturated rings. The molecule has 0 aliphatic heterocycles. The summed E-state index contributed by atoms with van der Waals surface area (Å²) < 4.78 is 39.5. The number of nitrogens with zero attached hydrogens (tertiary/aromatic N) is 1. The van der Waals surface area contributed by atoms with Gasteiger partial charge in [0.05, 0.1) is 12.2 Å². The van der Waals surface area contributed by atoms with Gasteiger partial charge in [0.25, 0.3) is 0 Å². The number of hydrogen-bond acceptors (Lipinski definition) is 2. The standard InChI is InChI=1S/C16H15F3N2O/c1-21(9-11-3-2-4-12(17)7-11)10-16(22)20-15-8-13(18)5-6-14(15)19/h2-8H,9-10H2,1H3,(H,20,22). The number of hydrogen-bond donors (Lipinski definition) is 1. The maximum Gasteiger partial charge on any atom is 0.238 e. The summed E-state index contributed by atoms with van der Waals surface area (Å²) in [5, 5.41) is 2.31. The van der Waals surface area contributed by atoms with E-state index in [0.717, 1.165) is 18.2 Å². The van der Waals surface area contributed by atoms with Crippen molar-refractivity contribution >= 4 is 11.6 Å². The summed E-state index contributed by atoms with van der Waals surface area (Å²) in [4.78, 5) is 13.5. The number of nitrogens with one attached hydrogen (secondary N) is 1. The quantitative estimate of drug-likeness (QED) is 0.920. The lowest BCUT2D eigenvalue weighted by Crippen LogP contribution is -2.30. The Morgan fingerprint density at radius 2 is 1.82 bits per heavy atom. The van der Waals surface area contributed by atoms with Crippen molar-refractivity contribution in [2.24, 2.45) is 0 Å². The van der Waals surface area contributed by atoms with E-state index < -0.39 is 17.5 Å². The van der Waals surface area contributed by atoms with Crippen LogP contribution in [-0.4, -0.2) is 24.4 Å². The van der Waals surface area contributed by atoms with Gasteiger partial charge in [0, 0.05) is 12.6 Å². The van der Waals surface area contributed by atoms with Crippen LogP contribution in [0.5, 0.6) is 0 Å². The Bertz CT molecular complexity index is 676. The van der Waals surface area contributed by atoms with Gasteiger partial charge in [0.15, 0.2) is 0 Å². The normalized spacial score (nSPS) is 10.8. The SMILES string of the molecule is CN(CC(=O)Nc1cc(F)ccc1F)Cc1cccc(F)c1. The minimum absolute atomic E-state index is 0.0353. The van der Waals surface area contributed by atoms with Crippen LogP contribution in [0.4, 0.5) is 18.9 Å². The van der Waals surface area contributed by atoms with E-state index >= 15 is 0 Å². The predicted octanol–water partition coefficient (Wildman–Crippen LogP) is 3.17. The summed E-state index contributed by atoms with van der Waals surface area (Å²) in [6.07, 6.45) is 0. The highest BCUT2D eigenvalue weighted by Crippen LogP contribution is 2.15. The summed E-state index contributed by atoms with van der Waals surface area (Å²) in [7, 11) is 1.67. The number of rotatable bonds is 5. The van der Waals surface area contributed by atoms with Crippen molar-refractivity contribution in [3.8, 4) is 0 Å². The number of carbonyl (C=O) groups is 1. The van der Waals surface area contributed by atoms with Gasteiger partial charge < -0.3 is 5.32 Å². The summed E-state index contributed by atoms with van der Waals surface area (Å²) >= 11 is 0. The second kappa shape index (κ2) is 7.09. The van der Waals surface area contributed by atoms with E-state index in [0.29, 0.717) is 12.1 Å². The van der Waals surface area contributed by atoms with Crippen LogP contribution in [0.15, 0.2) is 42.5 Å². The average Bonchev–Trinajstić information content (AvgIpc) is 2.42. The number of likely N-dealkylation sites (N-methyl/N-ethyl adjacent to an activating group) is 1. The molecule has 0 spiro atoms. The Hall–Kier alpha value is -2.34. The Morgan fingerprint density at radius 3 is 2.55 bits per heavy atom. The van der Waals surface area contributed by atoms with Crippen molar-refractivity contribution in [3.05, 3.63) is 65.5 Å². The number of benzene rings is 2. The van der Waals surface area contributed by atoms with Gasteiger partial charge in [-0.2, -0.15) is 0 Å². The monoisotopic (exact) mass is 308 g/mol. The first-order chi connectivity index (χ1) is 10.4. The van der Waals surface area contributed by atoms with Crippen molar-refractivity contribution in [1.82, 2.24) is 4.90 Å². The second-order valence-electron chi connectivity index (χ2n) is 4.97. The van der Waals surface area contributed by atoms with E-state index in [-0.39, 0.29) is 18.0 Å². The van der Waals surface area contributed by atoms with Crippen molar-refractivity contribution in [2.75, 3.05) is 18.9 Å². The molecular formula is C16H15F3N2O. The van der Waals surface area contributed by atoms with Gasteiger partial charge in [-0.15, -0.1) is 0 Å². The van der Waals surface area contributed by atoms with Crippen LogP contribution in [0.1, 0.15) is 5.56 Å². The summed E-state index contributed by atoms with van der Waals surface area (Å²) in [5.41, 5.74) is 0.511. The van der Waals surface area contributed by atoms with E-state index in [1.807, 2.05) is 0 Å². The molecule has 0 saturated heterocycles. The zero-order chi connectivity index (χ0) is 16.1. The van der Waals surface area contributed by atoms with Gasteiger partial charge >= 0.3 is 0 Å². The van der Waals surface area contributed by atoms with Crippen LogP contribution in [0.2, 0.25) is 0 Å². The molecule has 2 aromatic carbocycles. The number of halogens is 3. The molecule has 1 amide bonds. The Balaban J connectivity index is 1.92. The number of anilines is 1. The number of amides is 1. The average molecular weight is 308 g/mol. The van der Waals surface area contributed by atoms with Crippen LogP contribution in [0.25, 0.3) is 0 Å². The van der Waals surface area contributed by atoms with E-state index in [9.17, 15) is 18.0 Å². The topological polar surface area (TPSA) is 32.3 Å². The van der Waals surface area contributed by atoms with Gasteiger partial charge in [-0.1, -0.05) is 12.1 Å². The lowest BCUT2D eigenvalue weighted by atomic mass is 10.2. The largest absolute Gasteiger partial charge is 0.322 e. The third kappa shape index (κ3) is 4.60. The minimum atomic E-state index is -0.706. The predicted molar refractivity (Wildman–Crippen MR) is 77.7 cm³/mol. The molecule has 0 aliphatic carbocycles. The molecule has 2 rings (SSSR count). The molecule has 0 atom stereocenters. The van der Waals surface area contributed by atoms with Crippen molar-refractivity contribution in [1.29, 1.82) is 0 Å². The molecule has 0 saturated carbocycles. The molecule has 0 unspecified atom stereocenters. The van der Waals surface area contributed by atoms with Crippen LogP contribution in [0.3, 0.4) is 0 Å². The molecule has 3 nitrogen and oxygen atoms in total. The molecular weight excluding hydrogens is 293 g/mol. The van der Waals surface area contributed by atoms with Gasteiger partial charge in [-0.3, -0.25) is 9.69 Å². The Kier molecular flexibility index (Phi) is 5.16. The third-order valence-electron chi connectivity index (χ3n) is 2.96. The maximum atomic E-state index is 13.4. The van der Waals surface area contributed by atoms with Gasteiger partial charge in [0.1, 0.15) is 17.5 Å². The van der Waals surface area contributed by atoms with Crippen molar-refractivity contribution in [3.63, 3.8) is 0 Å². The van der Waals surface area contributed by atoms with E-state index in [2.05, 4.69) is 5.32 Å². The Morgan fingerprint density at radius 1 is 1.09 bits per heavy atom. The molecule has 2 aromatic rings. The molecule has 0 aromatic heterocycles. The first kappa shape index (κ1) is 16.0. The van der Waals surface area contributed by atoms with Gasteiger partial charge in [0.2, 0.25) is 5.91 Å². The first-order valence-corrected chi connectivity index (χ1v) is 6.62. The Labute approximate surface area is 126 Å². The highest BCUT2D eigenvalue weighted by Gasteiger charge is 2.11. The van der Waals surface area contributed by atoms with Gasteiger partial charge in [-0.25, -0.2) is 13.2 Å². The fourth-order valence-corrected chi connectivity index (χ4v) is 2.03. The van der Waals surface area contributed by atoms with Crippen LogP contribution >= 0.6 is 0 Å². The zero-order valence-electron chi connectivity index (χ0n) is 11.9. The summed E-state index contributed by atoms with van der Waals surface area (Å²) in [5.74, 6) is -2.17. The van der Waals surface area contributed by atoms with E-state index in [1.165, 1.54) is 12.1 Å². The van der Waals surface area contributed by atoms with Crippen molar-refractivity contribution < 1.29 is 18.0 Å². The summed E-state index contributed by atoms with van der Waals surface area (Å²) in [6, 6.07) is 8.87. The zero-order valence-corrected chi connectivity index (χ0v) is 11.9. The van der Waals surface area contributed by atoms with Gasteiger partial charge in [-0.05, 0) is 36.9 Å². The fourth-order valence-electron chi connectivity index (χ4n) is 2.03. The molecule has 0 radical (unpaired) electrons. The molecule has 1 N–H and O–H groups in total. The minimum Gasteiger partial charge on any atom is -0.322 e. The van der Waals surface area contributed by atoms with Crippen LogP contribution < -0.4 is 5.32 Å². The van der Waals surface area contributed by atoms with E-state index in [4.69, 9.17) is 0 Å². The molecule has 116 valence electrons. The molecule has 0 bridgehead atoms. The molecule has 0 heterocycles. The summed E-state index contributed by atoms with van der Waals surface area (Å²) in [6.45, 7) is 0.323. The van der Waals surface area contributed by atoms with Crippen LogP contribution in [0, 0.1) is 17.5 Å². The lowest BCUT2D eigenvalue weighted by molar-refractivity contribution is -0.117. The van der Waals surface area contributed by atoms with Crippen LogP contribution in [-0.2, 0) is 11.3 Å². The fraction of sp³-hybridized carbons (Fsp3) is 0.188.